The molecule has 4 rings (SSSR count). The summed E-state index contributed by atoms with van der Waals surface area (Å²) >= 11 is 0. The molecule has 0 unspecified atom stereocenters. The van der Waals surface area contributed by atoms with Crippen LogP contribution >= 0.6 is 0 Å². The monoisotopic (exact) mass is 219 g/mol. The van der Waals surface area contributed by atoms with Gasteiger partial charge in [0.1, 0.15) is 0 Å². The maximum atomic E-state index is 2.52. The Morgan fingerprint density at radius 1 is 1.19 bits per heavy atom. The Morgan fingerprint density at radius 2 is 1.81 bits per heavy atom. The lowest BCUT2D eigenvalue weighted by atomic mass is 9.28. The molecule has 2 bridgehead atoms. The van der Waals surface area contributed by atoms with Gasteiger partial charge in [-0.25, -0.2) is 0 Å². The second-order valence-corrected chi connectivity index (χ2v) is 7.58. The highest BCUT2D eigenvalue weighted by Gasteiger charge is 2.72. The zero-order valence-corrected chi connectivity index (χ0v) is 11.3. The van der Waals surface area contributed by atoms with Gasteiger partial charge in [0.2, 0.25) is 0 Å². The van der Waals surface area contributed by atoms with Crippen LogP contribution in [0.4, 0.5) is 0 Å². The fourth-order valence-electron chi connectivity index (χ4n) is 4.18. The molecule has 3 aliphatic carbocycles. The maximum absolute atomic E-state index is 2.52. The van der Waals surface area contributed by atoms with E-state index >= 15 is 0 Å². The van der Waals surface area contributed by atoms with Gasteiger partial charge in [-0.1, -0.05) is 32.4 Å². The van der Waals surface area contributed by atoms with E-state index in [0.29, 0.717) is 16.2 Å². The van der Waals surface area contributed by atoms with Crippen molar-refractivity contribution in [3.8, 4) is 0 Å². The van der Waals surface area contributed by atoms with Crippen molar-refractivity contribution in [2.75, 3.05) is 20.1 Å². The molecule has 0 radical (unpaired) electrons. The minimum atomic E-state index is 0.529. The highest BCUT2D eigenvalue weighted by Crippen LogP contribution is 2.81. The second kappa shape index (κ2) is 2.93. The van der Waals surface area contributed by atoms with E-state index in [2.05, 4.69) is 38.8 Å². The summed E-state index contributed by atoms with van der Waals surface area (Å²) < 4.78 is 0. The predicted octanol–water partition coefficient (Wildman–Crippen LogP) is 3.46. The van der Waals surface area contributed by atoms with Crippen molar-refractivity contribution in [1.82, 2.24) is 4.90 Å². The maximum Gasteiger partial charge on any atom is 0.0163 e. The SMILES string of the molecule is CN1CC=C(C23CC(C(C)(C)C)(C2)C3)CC1. The van der Waals surface area contributed by atoms with Crippen molar-refractivity contribution in [2.45, 2.75) is 46.5 Å². The topological polar surface area (TPSA) is 3.24 Å². The van der Waals surface area contributed by atoms with Crippen molar-refractivity contribution >= 4 is 0 Å². The Morgan fingerprint density at radius 3 is 2.25 bits per heavy atom. The molecule has 0 aromatic carbocycles. The summed E-state index contributed by atoms with van der Waals surface area (Å²) in [5, 5.41) is 0. The van der Waals surface area contributed by atoms with Gasteiger partial charge in [0.25, 0.3) is 0 Å². The van der Waals surface area contributed by atoms with Gasteiger partial charge < -0.3 is 4.90 Å². The molecule has 0 amide bonds. The Balaban J connectivity index is 1.70. The summed E-state index contributed by atoms with van der Waals surface area (Å²) in [6.07, 6.45) is 8.31. The molecule has 0 aromatic rings. The van der Waals surface area contributed by atoms with Crippen LogP contribution in [0.25, 0.3) is 0 Å². The molecule has 3 fully saturated rings. The molecule has 0 atom stereocenters. The van der Waals surface area contributed by atoms with Crippen LogP contribution in [0.5, 0.6) is 0 Å². The molecule has 1 heteroatoms. The zero-order valence-electron chi connectivity index (χ0n) is 11.3. The first-order chi connectivity index (χ1) is 7.37. The normalized spacial score (nSPS) is 43.4. The van der Waals surface area contributed by atoms with Crippen molar-refractivity contribution < 1.29 is 0 Å². The van der Waals surface area contributed by atoms with Gasteiger partial charge >= 0.3 is 0 Å². The van der Waals surface area contributed by atoms with Crippen molar-refractivity contribution in [3.63, 3.8) is 0 Å². The molecule has 1 heterocycles. The lowest BCUT2D eigenvalue weighted by Gasteiger charge is -2.77. The first kappa shape index (κ1) is 10.8. The Kier molecular flexibility index (Phi) is 1.98. The van der Waals surface area contributed by atoms with E-state index in [1.54, 1.807) is 5.57 Å². The fourth-order valence-corrected chi connectivity index (χ4v) is 4.18. The van der Waals surface area contributed by atoms with E-state index in [1.165, 1.54) is 38.8 Å². The van der Waals surface area contributed by atoms with E-state index in [4.69, 9.17) is 0 Å². The van der Waals surface area contributed by atoms with Gasteiger partial charge in [0, 0.05) is 13.1 Å². The summed E-state index contributed by atoms with van der Waals surface area (Å²) in [5.41, 5.74) is 3.71. The van der Waals surface area contributed by atoms with Gasteiger partial charge in [0.05, 0.1) is 0 Å². The number of hydrogen-bond donors (Lipinski definition) is 0. The van der Waals surface area contributed by atoms with Crippen LogP contribution in [0, 0.1) is 16.2 Å². The fraction of sp³-hybridized carbons (Fsp3) is 0.867. The largest absolute Gasteiger partial charge is 0.302 e. The highest BCUT2D eigenvalue weighted by atomic mass is 15.1. The van der Waals surface area contributed by atoms with Gasteiger partial charge in [-0.2, -0.15) is 0 Å². The molecule has 0 saturated heterocycles. The van der Waals surface area contributed by atoms with Gasteiger partial charge in [-0.3, -0.25) is 0 Å². The van der Waals surface area contributed by atoms with Crippen molar-refractivity contribution in [3.05, 3.63) is 11.6 Å². The van der Waals surface area contributed by atoms with Crippen LogP contribution in [0.2, 0.25) is 0 Å². The van der Waals surface area contributed by atoms with E-state index < -0.39 is 0 Å². The Bertz CT molecular complexity index is 325. The molecule has 16 heavy (non-hydrogen) atoms. The van der Waals surface area contributed by atoms with Crippen molar-refractivity contribution in [1.29, 1.82) is 0 Å². The summed E-state index contributed by atoms with van der Waals surface area (Å²) in [4.78, 5) is 2.43. The average Bonchev–Trinajstić information content (AvgIpc) is 2.00. The first-order valence-electron chi connectivity index (χ1n) is 6.75. The number of rotatable bonds is 1. The van der Waals surface area contributed by atoms with E-state index in [-0.39, 0.29) is 0 Å². The molecule has 4 aliphatic rings. The average molecular weight is 219 g/mol. The first-order valence-corrected chi connectivity index (χ1v) is 6.75. The summed E-state index contributed by atoms with van der Waals surface area (Å²) in [5.74, 6) is 0. The van der Waals surface area contributed by atoms with E-state index in [0.717, 1.165) is 0 Å². The minimum Gasteiger partial charge on any atom is -0.302 e. The van der Waals surface area contributed by atoms with Crippen LogP contribution < -0.4 is 0 Å². The molecule has 0 N–H and O–H groups in total. The predicted molar refractivity (Wildman–Crippen MR) is 68.4 cm³/mol. The standard InChI is InChI=1S/C15H25N/c1-13(2,3)15-9-14(10-15,11-15)12-5-7-16(4)8-6-12/h5H,6-11H2,1-4H3. The smallest absolute Gasteiger partial charge is 0.0163 e. The van der Waals surface area contributed by atoms with Crippen LogP contribution in [0.1, 0.15) is 46.5 Å². The molecule has 1 nitrogen and oxygen atoms in total. The summed E-state index contributed by atoms with van der Waals surface area (Å²) in [6.45, 7) is 9.74. The molecule has 1 aliphatic heterocycles. The van der Waals surface area contributed by atoms with Gasteiger partial charge in [0.15, 0.2) is 0 Å². The van der Waals surface area contributed by atoms with Crippen LogP contribution in [0.15, 0.2) is 11.6 Å². The molecular formula is C15H25N. The summed E-state index contributed by atoms with van der Waals surface area (Å²) in [7, 11) is 2.23. The Hall–Kier alpha value is -0.300. The highest BCUT2D eigenvalue weighted by molar-refractivity contribution is 5.35. The summed E-state index contributed by atoms with van der Waals surface area (Å²) in [6, 6.07) is 0. The lowest BCUT2D eigenvalue weighted by Crippen LogP contribution is -2.67. The lowest BCUT2D eigenvalue weighted by molar-refractivity contribution is -0.239. The molecule has 90 valence electrons. The van der Waals surface area contributed by atoms with E-state index in [1.807, 2.05) is 0 Å². The third-order valence-electron chi connectivity index (χ3n) is 5.71. The number of hydrogen-bond acceptors (Lipinski definition) is 1. The quantitative estimate of drug-likeness (QED) is 0.610. The molecule has 3 saturated carbocycles. The van der Waals surface area contributed by atoms with Gasteiger partial charge in [-0.15, -0.1) is 0 Å². The Labute approximate surface area is 99.9 Å². The zero-order chi connectivity index (χ0) is 11.6. The molecule has 0 aromatic heterocycles. The van der Waals surface area contributed by atoms with Crippen LogP contribution in [-0.2, 0) is 0 Å². The van der Waals surface area contributed by atoms with Gasteiger partial charge in [-0.05, 0) is 49.0 Å². The molecular weight excluding hydrogens is 194 g/mol. The minimum absolute atomic E-state index is 0.529. The van der Waals surface area contributed by atoms with E-state index in [9.17, 15) is 0 Å². The van der Waals surface area contributed by atoms with Crippen LogP contribution in [-0.4, -0.2) is 25.0 Å². The van der Waals surface area contributed by atoms with Crippen LogP contribution in [0.3, 0.4) is 0 Å². The second-order valence-electron chi connectivity index (χ2n) is 7.58. The van der Waals surface area contributed by atoms with Crippen molar-refractivity contribution in [2.24, 2.45) is 16.2 Å². The number of nitrogens with zero attached hydrogens (tertiary/aromatic N) is 1. The third kappa shape index (κ3) is 1.21. The molecule has 0 spiro atoms. The third-order valence-corrected chi connectivity index (χ3v) is 5.71. The number of likely N-dealkylation sites (N-methyl/N-ethyl adjacent to an activating group) is 1.